The van der Waals surface area contributed by atoms with Crippen LogP contribution in [0.5, 0.6) is 0 Å². The summed E-state index contributed by atoms with van der Waals surface area (Å²) in [4.78, 5) is 2.16. The van der Waals surface area contributed by atoms with Crippen LogP contribution in [0.3, 0.4) is 0 Å². The van der Waals surface area contributed by atoms with E-state index in [2.05, 4.69) is 24.1 Å². The van der Waals surface area contributed by atoms with Gasteiger partial charge >= 0.3 is 0 Å². The summed E-state index contributed by atoms with van der Waals surface area (Å²) in [5.74, 6) is 0.863. The van der Waals surface area contributed by atoms with E-state index >= 15 is 0 Å². The van der Waals surface area contributed by atoms with Crippen LogP contribution < -0.4 is 5.32 Å². The molecular weight excluding hydrogens is 260 g/mol. The molecule has 0 bridgehead atoms. The summed E-state index contributed by atoms with van der Waals surface area (Å²) in [5.41, 5.74) is 0.329. The lowest BCUT2D eigenvalue weighted by atomic mass is 9.68. The van der Waals surface area contributed by atoms with Gasteiger partial charge in [-0.05, 0) is 38.3 Å². The Balaban J connectivity index is 2.54. The molecule has 2 unspecified atom stereocenters. The van der Waals surface area contributed by atoms with Crippen molar-refractivity contribution in [1.82, 2.24) is 10.2 Å². The lowest BCUT2D eigenvalue weighted by Crippen LogP contribution is -2.51. The molecule has 114 valence electrons. The Labute approximate surface area is 118 Å². The average Bonchev–Trinajstić information content (AvgIpc) is 2.24. The first-order valence-electron chi connectivity index (χ1n) is 7.19. The molecule has 0 radical (unpaired) electrons. The minimum absolute atomic E-state index is 0.254. The summed E-state index contributed by atoms with van der Waals surface area (Å²) in [6.45, 7) is 6.27. The molecule has 0 spiro atoms. The van der Waals surface area contributed by atoms with Crippen molar-refractivity contribution in [2.24, 2.45) is 11.3 Å². The number of rotatable bonds is 6. The maximum atomic E-state index is 11.2. The predicted molar refractivity (Wildman–Crippen MR) is 81.2 cm³/mol. The fourth-order valence-corrected chi connectivity index (χ4v) is 4.06. The average molecular weight is 290 g/mol. The summed E-state index contributed by atoms with van der Waals surface area (Å²) in [7, 11) is 1.21. The Kier molecular flexibility index (Phi) is 5.83. The van der Waals surface area contributed by atoms with Crippen LogP contribution in [0.25, 0.3) is 0 Å². The smallest absolute Gasteiger partial charge is 0.148 e. The van der Waals surface area contributed by atoms with Crippen LogP contribution in [0.1, 0.15) is 33.1 Å². The van der Waals surface area contributed by atoms with E-state index in [9.17, 15) is 8.42 Å². The van der Waals surface area contributed by atoms with E-state index in [0.717, 1.165) is 6.54 Å². The van der Waals surface area contributed by atoms with Crippen molar-refractivity contribution in [3.8, 4) is 0 Å². The Morgan fingerprint density at radius 2 is 2.00 bits per heavy atom. The molecule has 1 saturated carbocycles. The fraction of sp³-hybridized carbons (Fsp3) is 1.00. The Morgan fingerprint density at radius 3 is 2.53 bits per heavy atom. The highest BCUT2D eigenvalue weighted by atomic mass is 32.2. The zero-order chi connectivity index (χ0) is 14.7. The van der Waals surface area contributed by atoms with Crippen molar-refractivity contribution < 1.29 is 8.42 Å². The van der Waals surface area contributed by atoms with Crippen LogP contribution in [-0.2, 0) is 9.84 Å². The molecule has 1 N–H and O–H groups in total. The third-order valence-corrected chi connectivity index (χ3v) is 5.33. The van der Waals surface area contributed by atoms with Gasteiger partial charge in [-0.15, -0.1) is 0 Å². The van der Waals surface area contributed by atoms with E-state index < -0.39 is 9.84 Å². The van der Waals surface area contributed by atoms with E-state index in [4.69, 9.17) is 0 Å². The van der Waals surface area contributed by atoms with E-state index in [1.165, 1.54) is 25.5 Å². The highest BCUT2D eigenvalue weighted by molar-refractivity contribution is 7.90. The lowest BCUT2D eigenvalue weighted by molar-refractivity contribution is 0.0919. The van der Waals surface area contributed by atoms with Crippen molar-refractivity contribution in [3.63, 3.8) is 0 Å². The Morgan fingerprint density at radius 1 is 1.37 bits per heavy atom. The molecule has 0 heterocycles. The Hall–Kier alpha value is -0.130. The van der Waals surface area contributed by atoms with Gasteiger partial charge in [-0.2, -0.15) is 0 Å². The number of hydrogen-bond acceptors (Lipinski definition) is 4. The van der Waals surface area contributed by atoms with Crippen molar-refractivity contribution in [3.05, 3.63) is 0 Å². The van der Waals surface area contributed by atoms with Gasteiger partial charge in [0.15, 0.2) is 0 Å². The van der Waals surface area contributed by atoms with Gasteiger partial charge in [0.25, 0.3) is 0 Å². The molecule has 0 aromatic rings. The normalized spacial score (nSPS) is 27.7. The highest BCUT2D eigenvalue weighted by Crippen LogP contribution is 2.39. The summed E-state index contributed by atoms with van der Waals surface area (Å²) >= 11 is 0. The van der Waals surface area contributed by atoms with Crippen LogP contribution in [-0.4, -0.2) is 58.6 Å². The quantitative estimate of drug-likeness (QED) is 0.803. The fourth-order valence-electron chi connectivity index (χ4n) is 3.42. The van der Waals surface area contributed by atoms with Crippen molar-refractivity contribution in [2.45, 2.75) is 39.2 Å². The van der Waals surface area contributed by atoms with Gasteiger partial charge in [0.05, 0.1) is 5.75 Å². The van der Waals surface area contributed by atoms with Gasteiger partial charge in [0.2, 0.25) is 0 Å². The summed E-state index contributed by atoms with van der Waals surface area (Å²) in [6, 6.07) is 0.516. The molecule has 0 aliphatic heterocycles. The van der Waals surface area contributed by atoms with Gasteiger partial charge < -0.3 is 10.2 Å². The van der Waals surface area contributed by atoms with Gasteiger partial charge in [-0.25, -0.2) is 8.42 Å². The molecule has 0 saturated heterocycles. The van der Waals surface area contributed by atoms with Crippen molar-refractivity contribution in [1.29, 1.82) is 0 Å². The van der Waals surface area contributed by atoms with Crippen LogP contribution >= 0.6 is 0 Å². The van der Waals surface area contributed by atoms with E-state index in [0.29, 0.717) is 23.9 Å². The zero-order valence-electron chi connectivity index (χ0n) is 13.1. The van der Waals surface area contributed by atoms with Gasteiger partial charge in [-0.3, -0.25) is 0 Å². The van der Waals surface area contributed by atoms with Crippen molar-refractivity contribution >= 4 is 9.84 Å². The summed E-state index contributed by atoms with van der Waals surface area (Å²) < 4.78 is 22.4. The third kappa shape index (κ3) is 5.40. The largest absolute Gasteiger partial charge is 0.316 e. The SMILES string of the molecule is CNC1C(CN(C)CCS(C)(=O)=O)CCCC1(C)C. The summed E-state index contributed by atoms with van der Waals surface area (Å²) in [6.07, 6.45) is 5.08. The second-order valence-electron chi connectivity index (χ2n) is 6.80. The minimum atomic E-state index is -2.86. The minimum Gasteiger partial charge on any atom is -0.316 e. The molecule has 0 aromatic heterocycles. The molecule has 1 rings (SSSR count). The molecular formula is C14H30N2O2S. The topological polar surface area (TPSA) is 49.4 Å². The molecule has 19 heavy (non-hydrogen) atoms. The number of sulfone groups is 1. The summed E-state index contributed by atoms with van der Waals surface area (Å²) in [5, 5.41) is 3.48. The van der Waals surface area contributed by atoms with Gasteiger partial charge in [0, 0.05) is 25.4 Å². The second kappa shape index (κ2) is 6.55. The molecule has 1 aliphatic carbocycles. The molecule has 0 amide bonds. The maximum absolute atomic E-state index is 11.2. The highest BCUT2D eigenvalue weighted by Gasteiger charge is 2.38. The monoisotopic (exact) mass is 290 g/mol. The van der Waals surface area contributed by atoms with Crippen LogP contribution in [0, 0.1) is 11.3 Å². The van der Waals surface area contributed by atoms with Crippen LogP contribution in [0.15, 0.2) is 0 Å². The first kappa shape index (κ1) is 16.9. The van der Waals surface area contributed by atoms with E-state index in [1.807, 2.05) is 14.1 Å². The number of nitrogens with one attached hydrogen (secondary N) is 1. The molecule has 1 fully saturated rings. The molecule has 1 aliphatic rings. The van der Waals surface area contributed by atoms with Gasteiger partial charge in [0.1, 0.15) is 9.84 Å². The number of hydrogen-bond donors (Lipinski definition) is 1. The lowest BCUT2D eigenvalue weighted by Gasteiger charge is -2.45. The first-order chi connectivity index (χ1) is 8.65. The standard InChI is InChI=1S/C14H30N2O2S/c1-14(2)8-6-7-12(13(14)15-3)11-16(4)9-10-19(5,17)18/h12-13,15H,6-11H2,1-5H3. The van der Waals surface area contributed by atoms with Crippen LogP contribution in [0.2, 0.25) is 0 Å². The molecule has 0 aromatic carbocycles. The third-order valence-electron chi connectivity index (χ3n) is 4.41. The van der Waals surface area contributed by atoms with Crippen molar-refractivity contribution in [2.75, 3.05) is 39.2 Å². The predicted octanol–water partition coefficient (Wildman–Crippen LogP) is 1.38. The van der Waals surface area contributed by atoms with E-state index in [1.54, 1.807) is 0 Å². The maximum Gasteiger partial charge on any atom is 0.148 e. The molecule has 2 atom stereocenters. The van der Waals surface area contributed by atoms with Crippen LogP contribution in [0.4, 0.5) is 0 Å². The van der Waals surface area contributed by atoms with E-state index in [-0.39, 0.29) is 5.75 Å². The Bertz CT molecular complexity index is 379. The second-order valence-corrected chi connectivity index (χ2v) is 9.06. The number of nitrogens with zero attached hydrogens (tertiary/aromatic N) is 1. The van der Waals surface area contributed by atoms with Gasteiger partial charge in [-0.1, -0.05) is 20.3 Å². The molecule has 4 nitrogen and oxygen atoms in total. The first-order valence-corrected chi connectivity index (χ1v) is 9.25. The molecule has 5 heteroatoms. The zero-order valence-corrected chi connectivity index (χ0v) is 13.9.